The zero-order valence-corrected chi connectivity index (χ0v) is 13.3. The third-order valence-corrected chi connectivity index (χ3v) is 5.32. The normalized spacial score (nSPS) is 11.4. The molecule has 0 aliphatic rings. The van der Waals surface area contributed by atoms with Gasteiger partial charge in [0.15, 0.2) is 5.13 Å². The van der Waals surface area contributed by atoms with Crippen LogP contribution >= 0.6 is 11.3 Å². The highest BCUT2D eigenvalue weighted by Crippen LogP contribution is 2.25. The molecule has 8 heteroatoms. The summed E-state index contributed by atoms with van der Waals surface area (Å²) in [5.41, 5.74) is 0.971. The lowest BCUT2D eigenvalue weighted by molar-refractivity contribution is 0.0696. The van der Waals surface area contributed by atoms with Crippen LogP contribution < -0.4 is 4.72 Å². The number of nitrogens with one attached hydrogen (secondary N) is 1. The first-order valence-corrected chi connectivity index (χ1v) is 8.30. The van der Waals surface area contributed by atoms with E-state index < -0.39 is 16.0 Å². The van der Waals surface area contributed by atoms with Crippen LogP contribution in [0.1, 0.15) is 26.4 Å². The number of carboxylic acid groups (broad SMARTS) is 1. The average Bonchev–Trinajstić information content (AvgIpc) is 2.72. The Morgan fingerprint density at radius 3 is 2.43 bits per heavy atom. The largest absolute Gasteiger partial charge is 0.478 e. The van der Waals surface area contributed by atoms with Crippen molar-refractivity contribution in [3.05, 3.63) is 39.9 Å². The molecule has 6 nitrogen and oxygen atoms in total. The van der Waals surface area contributed by atoms with Crippen LogP contribution in [0.25, 0.3) is 0 Å². The van der Waals surface area contributed by atoms with Gasteiger partial charge in [0.1, 0.15) is 0 Å². The third-order valence-electron chi connectivity index (χ3n) is 2.88. The topological polar surface area (TPSA) is 96.4 Å². The molecule has 0 unspecified atom stereocenters. The lowest BCUT2D eigenvalue weighted by atomic mass is 10.1. The maximum atomic E-state index is 12.4. The minimum Gasteiger partial charge on any atom is -0.478 e. The van der Waals surface area contributed by atoms with Crippen molar-refractivity contribution in [3.8, 4) is 0 Å². The van der Waals surface area contributed by atoms with E-state index in [1.165, 1.54) is 17.4 Å². The standard InChI is InChI=1S/C13H14N2O4S2/c1-7-4-8(2)11(5-10(7)12(16)17)21(18,19)15-13-14-6-9(3)20-13/h4-6H,1-3H3,(H,14,15)(H,16,17). The second kappa shape index (κ2) is 5.45. The highest BCUT2D eigenvalue weighted by molar-refractivity contribution is 7.93. The SMILES string of the molecule is Cc1cnc(NS(=O)(=O)c2cc(C(=O)O)c(C)cc2C)s1. The Balaban J connectivity index is 2.49. The molecule has 0 aliphatic heterocycles. The molecule has 21 heavy (non-hydrogen) atoms. The monoisotopic (exact) mass is 326 g/mol. The van der Waals surface area contributed by atoms with Gasteiger partial charge in [-0.1, -0.05) is 6.07 Å². The van der Waals surface area contributed by atoms with E-state index >= 15 is 0 Å². The number of aromatic carboxylic acids is 1. The summed E-state index contributed by atoms with van der Waals surface area (Å²) in [6.07, 6.45) is 1.56. The van der Waals surface area contributed by atoms with Gasteiger partial charge in [-0.2, -0.15) is 0 Å². The van der Waals surface area contributed by atoms with Gasteiger partial charge in [-0.15, -0.1) is 11.3 Å². The number of aromatic nitrogens is 1. The van der Waals surface area contributed by atoms with Crippen molar-refractivity contribution in [2.75, 3.05) is 4.72 Å². The van der Waals surface area contributed by atoms with Crippen molar-refractivity contribution < 1.29 is 18.3 Å². The van der Waals surface area contributed by atoms with Crippen molar-refractivity contribution in [3.63, 3.8) is 0 Å². The van der Waals surface area contributed by atoms with E-state index in [9.17, 15) is 13.2 Å². The van der Waals surface area contributed by atoms with Crippen molar-refractivity contribution in [2.24, 2.45) is 0 Å². The van der Waals surface area contributed by atoms with Gasteiger partial charge in [0.05, 0.1) is 10.5 Å². The van der Waals surface area contributed by atoms with Crippen molar-refractivity contribution >= 4 is 32.5 Å². The zero-order chi connectivity index (χ0) is 15.8. The van der Waals surface area contributed by atoms with E-state index in [-0.39, 0.29) is 15.6 Å². The fourth-order valence-electron chi connectivity index (χ4n) is 1.92. The van der Waals surface area contributed by atoms with E-state index in [1.807, 2.05) is 6.92 Å². The molecule has 0 saturated heterocycles. The Morgan fingerprint density at radius 1 is 1.24 bits per heavy atom. The Kier molecular flexibility index (Phi) is 4.02. The molecule has 2 N–H and O–H groups in total. The van der Waals surface area contributed by atoms with Crippen LogP contribution in [0, 0.1) is 20.8 Å². The maximum Gasteiger partial charge on any atom is 0.335 e. The minimum atomic E-state index is -3.87. The van der Waals surface area contributed by atoms with Gasteiger partial charge in [0.2, 0.25) is 0 Å². The number of thiazole rings is 1. The molecule has 0 spiro atoms. The molecule has 0 fully saturated rings. The molecule has 0 saturated carbocycles. The molecule has 0 aliphatic carbocycles. The van der Waals surface area contributed by atoms with Gasteiger partial charge in [0.25, 0.3) is 10.0 Å². The van der Waals surface area contributed by atoms with Gasteiger partial charge in [-0.05, 0) is 38.0 Å². The van der Waals surface area contributed by atoms with Crippen LogP contribution in [0.3, 0.4) is 0 Å². The molecular formula is C13H14N2O4S2. The van der Waals surface area contributed by atoms with Crippen LogP contribution in [0.4, 0.5) is 5.13 Å². The fourth-order valence-corrected chi connectivity index (χ4v) is 4.08. The Labute approximate surface area is 126 Å². The predicted molar refractivity (Wildman–Crippen MR) is 80.5 cm³/mol. The second-order valence-electron chi connectivity index (χ2n) is 4.62. The predicted octanol–water partition coefficient (Wildman–Crippen LogP) is 2.57. The van der Waals surface area contributed by atoms with Gasteiger partial charge >= 0.3 is 5.97 Å². The minimum absolute atomic E-state index is 0.0312. The molecule has 0 atom stereocenters. The first-order chi connectivity index (χ1) is 9.70. The number of hydrogen-bond donors (Lipinski definition) is 2. The summed E-state index contributed by atoms with van der Waals surface area (Å²) in [4.78, 5) is 15.9. The summed E-state index contributed by atoms with van der Waals surface area (Å²) in [6, 6.07) is 2.72. The number of carbonyl (C=O) groups is 1. The molecular weight excluding hydrogens is 312 g/mol. The quantitative estimate of drug-likeness (QED) is 0.900. The molecule has 1 aromatic carbocycles. The average molecular weight is 326 g/mol. The number of benzene rings is 1. The van der Waals surface area contributed by atoms with E-state index in [4.69, 9.17) is 5.11 Å². The summed E-state index contributed by atoms with van der Waals surface area (Å²) in [6.45, 7) is 5.07. The Morgan fingerprint density at radius 2 is 1.90 bits per heavy atom. The Hall–Kier alpha value is -1.93. The number of aryl methyl sites for hydroxylation is 3. The number of carboxylic acids is 1. The molecule has 0 radical (unpaired) electrons. The van der Waals surface area contributed by atoms with Crippen LogP contribution in [0.15, 0.2) is 23.2 Å². The van der Waals surface area contributed by atoms with Gasteiger partial charge in [0, 0.05) is 11.1 Å². The Bertz CT molecular complexity index is 810. The molecule has 1 heterocycles. The third kappa shape index (κ3) is 3.22. The second-order valence-corrected chi connectivity index (χ2v) is 7.50. The van der Waals surface area contributed by atoms with E-state index in [1.54, 1.807) is 26.1 Å². The van der Waals surface area contributed by atoms with Crippen LogP contribution in [0.2, 0.25) is 0 Å². The van der Waals surface area contributed by atoms with Crippen molar-refractivity contribution in [1.29, 1.82) is 0 Å². The summed E-state index contributed by atoms with van der Waals surface area (Å²) in [5.74, 6) is -1.16. The summed E-state index contributed by atoms with van der Waals surface area (Å²) >= 11 is 1.21. The summed E-state index contributed by atoms with van der Waals surface area (Å²) in [7, 11) is -3.87. The van der Waals surface area contributed by atoms with Gasteiger partial charge in [-0.25, -0.2) is 18.2 Å². The molecule has 0 amide bonds. The van der Waals surface area contributed by atoms with Crippen molar-refractivity contribution in [2.45, 2.75) is 25.7 Å². The van der Waals surface area contributed by atoms with Crippen LogP contribution in [-0.4, -0.2) is 24.5 Å². The van der Waals surface area contributed by atoms with Crippen LogP contribution in [-0.2, 0) is 10.0 Å². The summed E-state index contributed by atoms with van der Waals surface area (Å²) in [5, 5.41) is 9.37. The van der Waals surface area contributed by atoms with Crippen molar-refractivity contribution in [1.82, 2.24) is 4.98 Å². The molecule has 1 aromatic heterocycles. The maximum absolute atomic E-state index is 12.4. The van der Waals surface area contributed by atoms with E-state index in [0.717, 1.165) is 4.88 Å². The smallest absolute Gasteiger partial charge is 0.335 e. The lowest BCUT2D eigenvalue weighted by Crippen LogP contribution is -2.15. The number of rotatable bonds is 4. The number of sulfonamides is 1. The molecule has 2 rings (SSSR count). The van der Waals surface area contributed by atoms with E-state index in [2.05, 4.69) is 9.71 Å². The first kappa shape index (κ1) is 15.5. The number of hydrogen-bond acceptors (Lipinski definition) is 5. The summed E-state index contributed by atoms with van der Waals surface area (Å²) < 4.78 is 27.1. The highest BCUT2D eigenvalue weighted by atomic mass is 32.2. The van der Waals surface area contributed by atoms with Gasteiger partial charge < -0.3 is 5.11 Å². The first-order valence-electron chi connectivity index (χ1n) is 6.00. The zero-order valence-electron chi connectivity index (χ0n) is 11.7. The highest BCUT2D eigenvalue weighted by Gasteiger charge is 2.21. The molecule has 112 valence electrons. The number of nitrogens with zero attached hydrogens (tertiary/aromatic N) is 1. The van der Waals surface area contributed by atoms with Crippen LogP contribution in [0.5, 0.6) is 0 Å². The molecule has 2 aromatic rings. The fraction of sp³-hybridized carbons (Fsp3) is 0.231. The van der Waals surface area contributed by atoms with Gasteiger partial charge in [-0.3, -0.25) is 4.72 Å². The lowest BCUT2D eigenvalue weighted by Gasteiger charge is -2.11. The number of anilines is 1. The van der Waals surface area contributed by atoms with E-state index in [0.29, 0.717) is 11.1 Å². The molecule has 0 bridgehead atoms.